The number of hydrogen-bond donors (Lipinski definition) is 3. The molecule has 118 valence electrons. The van der Waals surface area contributed by atoms with Gasteiger partial charge < -0.3 is 20.5 Å². The molecule has 0 fully saturated rings. The topological polar surface area (TPSA) is 105 Å². The molecule has 3 N–H and O–H groups in total. The average Bonchev–Trinajstić information content (AvgIpc) is 2.95. The van der Waals surface area contributed by atoms with E-state index in [1.807, 2.05) is 0 Å². The van der Waals surface area contributed by atoms with Crippen molar-refractivity contribution in [2.75, 3.05) is 13.7 Å². The van der Waals surface area contributed by atoms with Crippen molar-refractivity contribution >= 4 is 18.0 Å². The van der Waals surface area contributed by atoms with Gasteiger partial charge in [-0.2, -0.15) is 0 Å². The van der Waals surface area contributed by atoms with Crippen molar-refractivity contribution in [1.29, 1.82) is 0 Å². The molecule has 0 aliphatic heterocycles. The summed E-state index contributed by atoms with van der Waals surface area (Å²) in [6.45, 7) is 0.473. The number of hydrogen-bond acceptors (Lipinski definition) is 4. The molecule has 0 aromatic heterocycles. The number of rotatable bonds is 8. The van der Waals surface area contributed by atoms with Crippen LogP contribution in [-0.2, 0) is 14.3 Å². The number of carboxylic acid groups (broad SMARTS) is 1. The van der Waals surface area contributed by atoms with Crippen LogP contribution in [0.4, 0.5) is 4.79 Å². The maximum atomic E-state index is 11.6. The van der Waals surface area contributed by atoms with E-state index in [-0.39, 0.29) is 12.8 Å². The van der Waals surface area contributed by atoms with Crippen LogP contribution in [-0.4, -0.2) is 42.8 Å². The van der Waals surface area contributed by atoms with E-state index in [0.717, 1.165) is 25.7 Å². The largest absolute Gasteiger partial charge is 0.480 e. The molecule has 7 heteroatoms. The fraction of sp³-hybridized carbons (Fsp3) is 0.643. The van der Waals surface area contributed by atoms with Crippen molar-refractivity contribution in [2.45, 2.75) is 44.6 Å². The predicted molar refractivity (Wildman–Crippen MR) is 75.8 cm³/mol. The van der Waals surface area contributed by atoms with E-state index in [9.17, 15) is 14.4 Å². The number of carbonyl (C=O) groups excluding carboxylic acids is 2. The second-order valence-corrected chi connectivity index (χ2v) is 4.91. The van der Waals surface area contributed by atoms with Gasteiger partial charge in [-0.25, -0.2) is 9.59 Å². The Hall–Kier alpha value is -2.05. The highest BCUT2D eigenvalue weighted by Crippen LogP contribution is 2.19. The van der Waals surface area contributed by atoms with Gasteiger partial charge in [-0.3, -0.25) is 4.79 Å². The van der Waals surface area contributed by atoms with Gasteiger partial charge in [-0.05, 0) is 32.1 Å². The normalized spacial score (nSPS) is 15.0. The molecule has 0 bridgehead atoms. The van der Waals surface area contributed by atoms with E-state index in [2.05, 4.69) is 21.4 Å². The molecule has 0 radical (unpaired) electrons. The summed E-state index contributed by atoms with van der Waals surface area (Å²) >= 11 is 0. The van der Waals surface area contributed by atoms with Gasteiger partial charge in [-0.1, -0.05) is 11.6 Å². The molecule has 1 aliphatic rings. The van der Waals surface area contributed by atoms with E-state index >= 15 is 0 Å². The molecular weight excluding hydrogens is 276 g/mol. The van der Waals surface area contributed by atoms with E-state index in [1.54, 1.807) is 0 Å². The van der Waals surface area contributed by atoms with Gasteiger partial charge in [-0.15, -0.1) is 0 Å². The minimum Gasteiger partial charge on any atom is -0.480 e. The lowest BCUT2D eigenvalue weighted by Gasteiger charge is -2.14. The van der Waals surface area contributed by atoms with Crippen LogP contribution in [0.5, 0.6) is 0 Å². The average molecular weight is 298 g/mol. The first kappa shape index (κ1) is 17.0. The van der Waals surface area contributed by atoms with E-state index in [0.29, 0.717) is 6.54 Å². The number of methoxy groups -OCH3 is 1. The number of nitrogens with one attached hydrogen (secondary N) is 2. The smallest absolute Gasteiger partial charge is 0.326 e. The molecule has 1 aliphatic carbocycles. The molecule has 7 nitrogen and oxygen atoms in total. The van der Waals surface area contributed by atoms with Crippen LogP contribution in [0.1, 0.15) is 38.5 Å². The van der Waals surface area contributed by atoms with E-state index in [1.165, 1.54) is 12.7 Å². The second kappa shape index (κ2) is 8.99. The summed E-state index contributed by atoms with van der Waals surface area (Å²) in [6.07, 6.45) is 6.23. The second-order valence-electron chi connectivity index (χ2n) is 4.91. The Balaban J connectivity index is 2.27. The third-order valence-electron chi connectivity index (χ3n) is 3.33. The quantitative estimate of drug-likeness (QED) is 0.461. The summed E-state index contributed by atoms with van der Waals surface area (Å²) in [4.78, 5) is 33.6. The molecule has 0 unspecified atom stereocenters. The highest BCUT2D eigenvalue weighted by molar-refractivity contribution is 5.83. The number of allylic oxidation sites excluding steroid dienone is 1. The Morgan fingerprint density at radius 3 is 2.76 bits per heavy atom. The SMILES string of the molecule is COC(=O)CC[C@H](NC(=O)NCCC1=CCCC1)C(=O)O. The Labute approximate surface area is 123 Å². The number of urea groups is 1. The van der Waals surface area contributed by atoms with Gasteiger partial charge in [0.15, 0.2) is 0 Å². The van der Waals surface area contributed by atoms with Crippen molar-refractivity contribution in [1.82, 2.24) is 10.6 Å². The van der Waals surface area contributed by atoms with Crippen molar-refractivity contribution in [3.05, 3.63) is 11.6 Å². The zero-order valence-corrected chi connectivity index (χ0v) is 12.2. The number of aliphatic carboxylic acids is 1. The van der Waals surface area contributed by atoms with E-state index < -0.39 is 24.0 Å². The van der Waals surface area contributed by atoms with Gasteiger partial charge >= 0.3 is 18.0 Å². The van der Waals surface area contributed by atoms with Crippen molar-refractivity contribution in [2.24, 2.45) is 0 Å². The third kappa shape index (κ3) is 6.78. The van der Waals surface area contributed by atoms with E-state index in [4.69, 9.17) is 5.11 Å². The maximum Gasteiger partial charge on any atom is 0.326 e. The Bertz CT molecular complexity index is 420. The van der Waals surface area contributed by atoms with Crippen LogP contribution >= 0.6 is 0 Å². The van der Waals surface area contributed by atoms with Crippen LogP contribution in [0.2, 0.25) is 0 Å². The minimum atomic E-state index is -1.17. The maximum absolute atomic E-state index is 11.6. The monoisotopic (exact) mass is 298 g/mol. The lowest BCUT2D eigenvalue weighted by Crippen LogP contribution is -2.46. The fourth-order valence-corrected chi connectivity index (χ4v) is 2.13. The van der Waals surface area contributed by atoms with Crippen molar-refractivity contribution in [3.63, 3.8) is 0 Å². The molecule has 1 rings (SSSR count). The fourth-order valence-electron chi connectivity index (χ4n) is 2.13. The number of esters is 1. The molecule has 0 spiro atoms. The summed E-state index contributed by atoms with van der Waals surface area (Å²) in [5.41, 5.74) is 1.33. The first-order valence-corrected chi connectivity index (χ1v) is 7.05. The van der Waals surface area contributed by atoms with Crippen molar-refractivity contribution in [3.8, 4) is 0 Å². The lowest BCUT2D eigenvalue weighted by molar-refractivity contribution is -0.142. The zero-order valence-electron chi connectivity index (χ0n) is 12.2. The molecule has 0 aromatic rings. The first-order chi connectivity index (χ1) is 10.0. The van der Waals surface area contributed by atoms with Crippen LogP contribution in [0.25, 0.3) is 0 Å². The van der Waals surface area contributed by atoms with Gasteiger partial charge in [0.05, 0.1) is 7.11 Å². The van der Waals surface area contributed by atoms with Gasteiger partial charge in [0.2, 0.25) is 0 Å². The van der Waals surface area contributed by atoms with Crippen LogP contribution in [0.15, 0.2) is 11.6 Å². The number of ether oxygens (including phenoxy) is 1. The van der Waals surface area contributed by atoms with Crippen LogP contribution < -0.4 is 10.6 Å². The minimum absolute atomic E-state index is 0.000575. The molecule has 21 heavy (non-hydrogen) atoms. The standard InChI is InChI=1S/C14H22N2O5/c1-21-12(17)7-6-11(13(18)19)16-14(20)15-9-8-10-4-2-3-5-10/h4,11H,2-3,5-9H2,1H3,(H,18,19)(H2,15,16,20)/t11-/m0/s1. The predicted octanol–water partition coefficient (Wildman–Crippen LogP) is 1.19. The molecular formula is C14H22N2O5. The van der Waals surface area contributed by atoms with Gasteiger partial charge in [0.25, 0.3) is 0 Å². The molecule has 1 atom stereocenters. The van der Waals surface area contributed by atoms with Crippen LogP contribution in [0, 0.1) is 0 Å². The van der Waals surface area contributed by atoms with Crippen LogP contribution in [0.3, 0.4) is 0 Å². The Kier molecular flexibility index (Phi) is 7.28. The van der Waals surface area contributed by atoms with Gasteiger partial charge in [0, 0.05) is 13.0 Å². The summed E-state index contributed by atoms with van der Waals surface area (Å²) in [6, 6.07) is -1.64. The van der Waals surface area contributed by atoms with Crippen molar-refractivity contribution < 1.29 is 24.2 Å². The molecule has 0 heterocycles. The summed E-state index contributed by atoms with van der Waals surface area (Å²) < 4.78 is 4.44. The zero-order chi connectivity index (χ0) is 15.7. The number of carboxylic acids is 1. The molecule has 0 saturated carbocycles. The highest BCUT2D eigenvalue weighted by Gasteiger charge is 2.21. The molecule has 0 aromatic carbocycles. The Morgan fingerprint density at radius 2 is 2.19 bits per heavy atom. The van der Waals surface area contributed by atoms with Gasteiger partial charge in [0.1, 0.15) is 6.04 Å². The Morgan fingerprint density at radius 1 is 1.43 bits per heavy atom. The molecule has 0 saturated heterocycles. The summed E-state index contributed by atoms with van der Waals surface area (Å²) in [5, 5.41) is 14.0. The highest BCUT2D eigenvalue weighted by atomic mass is 16.5. The lowest BCUT2D eigenvalue weighted by atomic mass is 10.1. The third-order valence-corrected chi connectivity index (χ3v) is 3.33. The summed E-state index contributed by atoms with van der Waals surface area (Å²) in [5.74, 6) is -1.68. The molecule has 2 amide bonds. The number of amides is 2. The summed E-state index contributed by atoms with van der Waals surface area (Å²) in [7, 11) is 1.23. The number of carbonyl (C=O) groups is 3. The first-order valence-electron chi connectivity index (χ1n) is 7.05.